The highest BCUT2D eigenvalue weighted by Crippen LogP contribution is 2.21. The van der Waals surface area contributed by atoms with Gasteiger partial charge in [0.1, 0.15) is 0 Å². The van der Waals surface area contributed by atoms with Gasteiger partial charge in [-0.05, 0) is 66.6 Å². The summed E-state index contributed by atoms with van der Waals surface area (Å²) in [4.78, 5) is 12.8. The number of hydrogen-bond acceptors (Lipinski definition) is 5. The molecule has 2 N–H and O–H groups in total. The standard InChI is InChI=1S/C28H33N3O5S2/c32-28(29-22-25-10-15-27(16-11-25)38(35,36)31-20-4-5-21-31)17-12-24-8-13-26(14-9-24)37(33,34)30-19-18-23-6-2-1-3-7-23/h1-3,6-11,13-16,30H,4-5,12,17-22H2,(H,29,32). The van der Waals surface area contributed by atoms with Gasteiger partial charge in [0.15, 0.2) is 0 Å². The molecule has 0 aliphatic carbocycles. The summed E-state index contributed by atoms with van der Waals surface area (Å²) in [7, 11) is -7.06. The lowest BCUT2D eigenvalue weighted by molar-refractivity contribution is -0.121. The Hall–Kier alpha value is -3.05. The minimum atomic E-state index is -3.60. The van der Waals surface area contributed by atoms with Crippen molar-refractivity contribution in [2.24, 2.45) is 0 Å². The monoisotopic (exact) mass is 555 g/mol. The third kappa shape index (κ3) is 7.50. The van der Waals surface area contributed by atoms with Crippen LogP contribution in [0.1, 0.15) is 36.0 Å². The molecule has 3 aromatic rings. The Morgan fingerprint density at radius 3 is 1.95 bits per heavy atom. The van der Waals surface area contributed by atoms with E-state index in [1.165, 1.54) is 4.31 Å². The molecule has 1 fully saturated rings. The number of nitrogens with one attached hydrogen (secondary N) is 2. The minimum absolute atomic E-state index is 0.141. The highest BCUT2D eigenvalue weighted by Gasteiger charge is 2.26. The lowest BCUT2D eigenvalue weighted by Crippen LogP contribution is -2.28. The predicted molar refractivity (Wildman–Crippen MR) is 146 cm³/mol. The first-order chi connectivity index (χ1) is 18.2. The zero-order chi connectivity index (χ0) is 27.0. The first-order valence-electron chi connectivity index (χ1n) is 12.7. The van der Waals surface area contributed by atoms with E-state index in [9.17, 15) is 21.6 Å². The van der Waals surface area contributed by atoms with E-state index in [0.717, 1.165) is 29.5 Å². The van der Waals surface area contributed by atoms with Crippen molar-refractivity contribution in [1.29, 1.82) is 0 Å². The molecule has 38 heavy (non-hydrogen) atoms. The van der Waals surface area contributed by atoms with Crippen molar-refractivity contribution in [3.63, 3.8) is 0 Å². The van der Waals surface area contributed by atoms with Gasteiger partial charge >= 0.3 is 0 Å². The number of nitrogens with zero attached hydrogens (tertiary/aromatic N) is 1. The van der Waals surface area contributed by atoms with Gasteiger partial charge in [0.05, 0.1) is 9.79 Å². The van der Waals surface area contributed by atoms with Crippen LogP contribution in [0.15, 0.2) is 88.7 Å². The molecular formula is C28H33N3O5S2. The fraction of sp³-hybridized carbons (Fsp3) is 0.321. The Kier molecular flexibility index (Phi) is 9.32. The highest BCUT2D eigenvalue weighted by molar-refractivity contribution is 7.89. The molecule has 0 atom stereocenters. The quantitative estimate of drug-likeness (QED) is 0.356. The Labute approximate surface area is 225 Å². The fourth-order valence-electron chi connectivity index (χ4n) is 4.30. The van der Waals surface area contributed by atoms with E-state index in [-0.39, 0.29) is 22.1 Å². The first-order valence-corrected chi connectivity index (χ1v) is 15.6. The fourth-order valence-corrected chi connectivity index (χ4v) is 6.85. The average molecular weight is 556 g/mol. The van der Waals surface area contributed by atoms with Crippen molar-refractivity contribution in [1.82, 2.24) is 14.3 Å². The van der Waals surface area contributed by atoms with E-state index in [1.54, 1.807) is 48.5 Å². The number of amides is 1. The summed E-state index contributed by atoms with van der Waals surface area (Å²) >= 11 is 0. The van der Waals surface area contributed by atoms with E-state index in [2.05, 4.69) is 10.0 Å². The molecule has 202 valence electrons. The maximum Gasteiger partial charge on any atom is 0.243 e. The van der Waals surface area contributed by atoms with Gasteiger partial charge in [-0.3, -0.25) is 4.79 Å². The molecular weight excluding hydrogens is 522 g/mol. The van der Waals surface area contributed by atoms with Crippen LogP contribution in [0.2, 0.25) is 0 Å². The Bertz CT molecular complexity index is 1420. The zero-order valence-corrected chi connectivity index (χ0v) is 22.8. The number of aryl methyl sites for hydroxylation is 1. The lowest BCUT2D eigenvalue weighted by atomic mass is 10.1. The van der Waals surface area contributed by atoms with E-state index < -0.39 is 20.0 Å². The molecule has 0 spiro atoms. The Balaban J connectivity index is 1.21. The van der Waals surface area contributed by atoms with Gasteiger partial charge in [-0.2, -0.15) is 4.31 Å². The van der Waals surface area contributed by atoms with Crippen LogP contribution in [0, 0.1) is 0 Å². The Morgan fingerprint density at radius 1 is 0.711 bits per heavy atom. The van der Waals surface area contributed by atoms with Gasteiger partial charge in [-0.1, -0.05) is 54.6 Å². The normalized spacial score (nSPS) is 14.4. The van der Waals surface area contributed by atoms with E-state index in [1.807, 2.05) is 30.3 Å². The van der Waals surface area contributed by atoms with Crippen LogP contribution in [0.3, 0.4) is 0 Å². The smallest absolute Gasteiger partial charge is 0.243 e. The second kappa shape index (κ2) is 12.7. The molecule has 4 rings (SSSR count). The lowest BCUT2D eigenvalue weighted by Gasteiger charge is -2.15. The zero-order valence-electron chi connectivity index (χ0n) is 21.2. The molecule has 1 amide bonds. The summed E-state index contributed by atoms with van der Waals surface area (Å²) in [5.74, 6) is -0.141. The summed E-state index contributed by atoms with van der Waals surface area (Å²) in [6.07, 6.45) is 3.11. The second-order valence-electron chi connectivity index (χ2n) is 9.31. The summed E-state index contributed by atoms with van der Waals surface area (Å²) < 4.78 is 54.5. The minimum Gasteiger partial charge on any atom is -0.352 e. The van der Waals surface area contributed by atoms with Crippen molar-refractivity contribution in [3.8, 4) is 0 Å². The molecule has 10 heteroatoms. The molecule has 0 radical (unpaired) electrons. The summed E-state index contributed by atoms with van der Waals surface area (Å²) in [6, 6.07) is 22.8. The number of rotatable bonds is 12. The van der Waals surface area contributed by atoms with Crippen molar-refractivity contribution < 1.29 is 21.6 Å². The average Bonchev–Trinajstić information content (AvgIpc) is 3.48. The van der Waals surface area contributed by atoms with Crippen LogP contribution in [0.25, 0.3) is 0 Å². The van der Waals surface area contributed by atoms with Gasteiger partial charge in [0, 0.05) is 32.6 Å². The maximum atomic E-state index is 12.6. The molecule has 1 heterocycles. The summed E-state index contributed by atoms with van der Waals surface area (Å²) in [5, 5.41) is 2.85. The molecule has 0 saturated carbocycles. The van der Waals surface area contributed by atoms with Crippen LogP contribution in [-0.2, 0) is 44.2 Å². The third-order valence-electron chi connectivity index (χ3n) is 6.54. The first kappa shape index (κ1) is 28.0. The van der Waals surface area contributed by atoms with Gasteiger partial charge in [0.2, 0.25) is 26.0 Å². The number of sulfonamides is 2. The summed E-state index contributed by atoms with van der Waals surface area (Å²) in [5.41, 5.74) is 2.74. The van der Waals surface area contributed by atoms with Crippen LogP contribution in [0.5, 0.6) is 0 Å². The van der Waals surface area contributed by atoms with Crippen molar-refractivity contribution in [2.75, 3.05) is 19.6 Å². The number of hydrogen-bond donors (Lipinski definition) is 2. The van der Waals surface area contributed by atoms with Crippen molar-refractivity contribution in [3.05, 3.63) is 95.6 Å². The number of carbonyl (C=O) groups excluding carboxylic acids is 1. The van der Waals surface area contributed by atoms with E-state index >= 15 is 0 Å². The molecule has 0 aromatic heterocycles. The van der Waals surface area contributed by atoms with Crippen LogP contribution < -0.4 is 10.0 Å². The van der Waals surface area contributed by atoms with Crippen molar-refractivity contribution in [2.45, 2.75) is 48.4 Å². The molecule has 1 saturated heterocycles. The van der Waals surface area contributed by atoms with Crippen LogP contribution in [0.4, 0.5) is 0 Å². The van der Waals surface area contributed by atoms with Gasteiger partial charge in [-0.25, -0.2) is 21.6 Å². The number of benzene rings is 3. The largest absolute Gasteiger partial charge is 0.352 e. The molecule has 0 bridgehead atoms. The maximum absolute atomic E-state index is 12.6. The van der Waals surface area contributed by atoms with E-state index in [0.29, 0.717) is 39.0 Å². The topological polar surface area (TPSA) is 113 Å². The molecule has 1 aliphatic rings. The second-order valence-corrected chi connectivity index (χ2v) is 13.0. The predicted octanol–water partition coefficient (Wildman–Crippen LogP) is 3.24. The van der Waals surface area contributed by atoms with Gasteiger partial charge < -0.3 is 5.32 Å². The van der Waals surface area contributed by atoms with Crippen LogP contribution in [-0.4, -0.2) is 46.7 Å². The van der Waals surface area contributed by atoms with Crippen molar-refractivity contribution >= 4 is 26.0 Å². The van der Waals surface area contributed by atoms with Gasteiger partial charge in [0.25, 0.3) is 0 Å². The third-order valence-corrected chi connectivity index (χ3v) is 9.93. The Morgan fingerprint density at radius 2 is 1.29 bits per heavy atom. The molecule has 3 aromatic carbocycles. The molecule has 1 aliphatic heterocycles. The molecule has 8 nitrogen and oxygen atoms in total. The number of carbonyl (C=O) groups is 1. The molecule has 0 unspecified atom stereocenters. The van der Waals surface area contributed by atoms with Crippen LogP contribution >= 0.6 is 0 Å². The highest BCUT2D eigenvalue weighted by atomic mass is 32.2. The summed E-state index contributed by atoms with van der Waals surface area (Å²) in [6.45, 7) is 1.73. The van der Waals surface area contributed by atoms with E-state index in [4.69, 9.17) is 0 Å². The van der Waals surface area contributed by atoms with Gasteiger partial charge in [-0.15, -0.1) is 0 Å². The SMILES string of the molecule is O=C(CCc1ccc(S(=O)(=O)NCCc2ccccc2)cc1)NCc1ccc(S(=O)(=O)N2CCCC2)cc1.